The Labute approximate surface area is 146 Å². The SMILES string of the molecule is O=c1ccc(-c2ccco2)nn1CN1CCC(c2ccccc2)CC1. The Bertz CT molecular complexity index is 863. The van der Waals surface area contributed by atoms with E-state index in [4.69, 9.17) is 4.42 Å². The van der Waals surface area contributed by atoms with Crippen LogP contribution in [-0.2, 0) is 6.67 Å². The molecule has 1 aromatic carbocycles. The fraction of sp³-hybridized carbons (Fsp3) is 0.300. The molecule has 3 heterocycles. The lowest BCUT2D eigenvalue weighted by molar-refractivity contribution is 0.158. The maximum atomic E-state index is 12.1. The van der Waals surface area contributed by atoms with Gasteiger partial charge >= 0.3 is 0 Å². The van der Waals surface area contributed by atoms with Gasteiger partial charge in [-0.1, -0.05) is 30.3 Å². The van der Waals surface area contributed by atoms with Crippen molar-refractivity contribution in [3.63, 3.8) is 0 Å². The van der Waals surface area contributed by atoms with Crippen LogP contribution in [0.2, 0.25) is 0 Å². The average molecular weight is 335 g/mol. The first-order valence-corrected chi connectivity index (χ1v) is 8.69. The van der Waals surface area contributed by atoms with Crippen molar-refractivity contribution in [1.82, 2.24) is 14.7 Å². The first-order chi connectivity index (χ1) is 12.3. The predicted molar refractivity (Wildman–Crippen MR) is 96.2 cm³/mol. The van der Waals surface area contributed by atoms with Crippen LogP contribution in [0.3, 0.4) is 0 Å². The van der Waals surface area contributed by atoms with Crippen molar-refractivity contribution in [2.45, 2.75) is 25.4 Å². The molecular formula is C20H21N3O2. The lowest BCUT2D eigenvalue weighted by atomic mass is 9.90. The van der Waals surface area contributed by atoms with Crippen LogP contribution in [0.1, 0.15) is 24.3 Å². The van der Waals surface area contributed by atoms with Crippen LogP contribution >= 0.6 is 0 Å². The van der Waals surface area contributed by atoms with Crippen molar-refractivity contribution in [3.05, 3.63) is 76.8 Å². The Hall–Kier alpha value is -2.66. The Morgan fingerprint density at radius 3 is 2.52 bits per heavy atom. The number of hydrogen-bond donors (Lipinski definition) is 0. The Morgan fingerprint density at radius 1 is 1.00 bits per heavy atom. The molecule has 5 heteroatoms. The number of rotatable bonds is 4. The normalized spacial score (nSPS) is 16.2. The molecule has 2 aromatic heterocycles. The van der Waals surface area contributed by atoms with Crippen LogP contribution in [0.5, 0.6) is 0 Å². The third-order valence-corrected chi connectivity index (χ3v) is 4.83. The lowest BCUT2D eigenvalue weighted by Gasteiger charge is -2.32. The summed E-state index contributed by atoms with van der Waals surface area (Å²) in [5.74, 6) is 1.29. The highest BCUT2D eigenvalue weighted by molar-refractivity contribution is 5.50. The van der Waals surface area contributed by atoms with E-state index in [9.17, 15) is 4.79 Å². The minimum absolute atomic E-state index is 0.0829. The van der Waals surface area contributed by atoms with E-state index in [1.807, 2.05) is 12.1 Å². The molecule has 0 spiro atoms. The molecule has 1 fully saturated rings. The largest absolute Gasteiger partial charge is 0.463 e. The zero-order valence-corrected chi connectivity index (χ0v) is 14.0. The molecule has 3 aromatic rings. The number of likely N-dealkylation sites (tertiary alicyclic amines) is 1. The maximum absolute atomic E-state index is 12.1. The molecule has 0 N–H and O–H groups in total. The molecule has 0 aliphatic carbocycles. The van der Waals surface area contributed by atoms with E-state index in [0.29, 0.717) is 24.0 Å². The van der Waals surface area contributed by atoms with Crippen molar-refractivity contribution in [1.29, 1.82) is 0 Å². The smallest absolute Gasteiger partial charge is 0.268 e. The molecule has 4 rings (SSSR count). The van der Waals surface area contributed by atoms with Crippen LogP contribution in [0.15, 0.2) is 70.1 Å². The summed E-state index contributed by atoms with van der Waals surface area (Å²) in [4.78, 5) is 14.4. The summed E-state index contributed by atoms with van der Waals surface area (Å²) < 4.78 is 6.90. The van der Waals surface area contributed by atoms with Gasteiger partial charge in [-0.3, -0.25) is 9.69 Å². The fourth-order valence-corrected chi connectivity index (χ4v) is 3.43. The molecule has 0 atom stereocenters. The molecule has 25 heavy (non-hydrogen) atoms. The van der Waals surface area contributed by atoms with Gasteiger partial charge in [-0.15, -0.1) is 0 Å². The number of nitrogens with zero attached hydrogens (tertiary/aromatic N) is 3. The number of aromatic nitrogens is 2. The van der Waals surface area contributed by atoms with E-state index in [-0.39, 0.29) is 5.56 Å². The summed E-state index contributed by atoms with van der Waals surface area (Å²) >= 11 is 0. The number of furan rings is 1. The van der Waals surface area contributed by atoms with Gasteiger partial charge in [0.05, 0.1) is 12.9 Å². The standard InChI is InChI=1S/C20H21N3O2/c24-20-9-8-18(19-7-4-14-25-19)21-23(20)15-22-12-10-17(11-13-22)16-5-2-1-3-6-16/h1-9,14,17H,10-13,15H2. The monoisotopic (exact) mass is 335 g/mol. The van der Waals surface area contributed by atoms with Gasteiger partial charge in [0.25, 0.3) is 5.56 Å². The highest BCUT2D eigenvalue weighted by Crippen LogP contribution is 2.27. The van der Waals surface area contributed by atoms with E-state index < -0.39 is 0 Å². The first kappa shape index (κ1) is 15.8. The maximum Gasteiger partial charge on any atom is 0.268 e. The zero-order chi connectivity index (χ0) is 17.1. The molecule has 1 aliphatic heterocycles. The van der Waals surface area contributed by atoms with E-state index >= 15 is 0 Å². The summed E-state index contributed by atoms with van der Waals surface area (Å²) in [7, 11) is 0. The minimum atomic E-state index is -0.0829. The summed E-state index contributed by atoms with van der Waals surface area (Å²) in [6, 6.07) is 17.6. The van der Waals surface area contributed by atoms with Gasteiger partial charge in [-0.05, 0) is 42.5 Å². The topological polar surface area (TPSA) is 51.3 Å². The first-order valence-electron chi connectivity index (χ1n) is 8.69. The molecule has 1 aliphatic rings. The predicted octanol–water partition coefficient (Wildman–Crippen LogP) is 3.34. The van der Waals surface area contributed by atoms with Gasteiger partial charge in [-0.25, -0.2) is 4.68 Å². The number of benzene rings is 1. The molecule has 0 amide bonds. The van der Waals surface area contributed by atoms with Crippen molar-refractivity contribution in [2.75, 3.05) is 13.1 Å². The molecule has 0 radical (unpaired) electrons. The fourth-order valence-electron chi connectivity index (χ4n) is 3.43. The van der Waals surface area contributed by atoms with Crippen LogP contribution < -0.4 is 5.56 Å². The van der Waals surface area contributed by atoms with Gasteiger partial charge < -0.3 is 4.42 Å². The van der Waals surface area contributed by atoms with Crippen LogP contribution in [0, 0.1) is 0 Å². The molecule has 5 nitrogen and oxygen atoms in total. The minimum Gasteiger partial charge on any atom is -0.463 e. The number of hydrogen-bond acceptors (Lipinski definition) is 4. The summed E-state index contributed by atoms with van der Waals surface area (Å²) in [5, 5.41) is 4.45. The van der Waals surface area contributed by atoms with Gasteiger partial charge in [0.1, 0.15) is 5.69 Å². The highest BCUT2D eigenvalue weighted by Gasteiger charge is 2.21. The summed E-state index contributed by atoms with van der Waals surface area (Å²) in [5.41, 5.74) is 2.02. The van der Waals surface area contributed by atoms with E-state index in [1.165, 1.54) is 10.2 Å². The summed E-state index contributed by atoms with van der Waals surface area (Å²) in [6.45, 7) is 2.46. The third kappa shape index (κ3) is 3.56. The summed E-state index contributed by atoms with van der Waals surface area (Å²) in [6.07, 6.45) is 3.83. The quantitative estimate of drug-likeness (QED) is 0.734. The van der Waals surface area contributed by atoms with Crippen LogP contribution in [0.4, 0.5) is 0 Å². The second kappa shape index (κ2) is 7.07. The molecule has 128 valence electrons. The zero-order valence-electron chi connectivity index (χ0n) is 14.0. The second-order valence-corrected chi connectivity index (χ2v) is 6.48. The van der Waals surface area contributed by atoms with Gasteiger partial charge in [0.15, 0.2) is 5.76 Å². The van der Waals surface area contributed by atoms with Crippen molar-refractivity contribution in [2.24, 2.45) is 0 Å². The van der Waals surface area contributed by atoms with Crippen LogP contribution in [0.25, 0.3) is 11.5 Å². The third-order valence-electron chi connectivity index (χ3n) is 4.83. The number of piperidine rings is 1. The molecule has 0 saturated carbocycles. The Kier molecular flexibility index (Phi) is 4.48. The van der Waals surface area contributed by atoms with E-state index in [2.05, 4.69) is 40.3 Å². The second-order valence-electron chi connectivity index (χ2n) is 6.48. The Balaban J connectivity index is 1.43. The molecule has 0 bridgehead atoms. The van der Waals surface area contributed by atoms with E-state index in [1.54, 1.807) is 18.4 Å². The van der Waals surface area contributed by atoms with Crippen molar-refractivity contribution < 1.29 is 4.42 Å². The van der Waals surface area contributed by atoms with E-state index in [0.717, 1.165) is 25.9 Å². The Morgan fingerprint density at radius 2 is 1.80 bits per heavy atom. The highest BCUT2D eigenvalue weighted by atomic mass is 16.3. The van der Waals surface area contributed by atoms with Gasteiger partial charge in [-0.2, -0.15) is 5.10 Å². The average Bonchev–Trinajstić information content (AvgIpc) is 3.20. The molecule has 1 saturated heterocycles. The molecular weight excluding hydrogens is 314 g/mol. The van der Waals surface area contributed by atoms with Crippen molar-refractivity contribution >= 4 is 0 Å². The van der Waals surface area contributed by atoms with Crippen molar-refractivity contribution in [3.8, 4) is 11.5 Å². The van der Waals surface area contributed by atoms with Gasteiger partial charge in [0.2, 0.25) is 0 Å². The van der Waals surface area contributed by atoms with Gasteiger partial charge in [0, 0.05) is 19.2 Å². The lowest BCUT2D eigenvalue weighted by Crippen LogP contribution is -2.38. The molecule has 0 unspecified atom stereocenters. The van der Waals surface area contributed by atoms with Crippen LogP contribution in [-0.4, -0.2) is 27.8 Å².